The average molecular weight is 254 g/mol. The highest BCUT2D eigenvalue weighted by Gasteiger charge is 2.17. The Hall–Kier alpha value is -1.25. The fraction of sp³-hybridized carbons (Fsp3) is 0.533. The molecule has 0 saturated heterocycles. The van der Waals surface area contributed by atoms with E-state index in [0.717, 1.165) is 37.8 Å². The van der Waals surface area contributed by atoms with Gasteiger partial charge in [0.05, 0.1) is 5.56 Å². The summed E-state index contributed by atoms with van der Waals surface area (Å²) in [5.41, 5.74) is 0.00588. The second kappa shape index (κ2) is 7.24. The Kier molecular flexibility index (Phi) is 5.96. The van der Waals surface area contributed by atoms with Gasteiger partial charge in [0.15, 0.2) is 5.78 Å². The predicted octanol–water partition coefficient (Wildman–Crippen LogP) is 4.75. The molecule has 1 unspecified atom stereocenters. The molecule has 1 rings (SSSR count). The summed E-state index contributed by atoms with van der Waals surface area (Å²) in [4.78, 5) is 11.9. The summed E-state index contributed by atoms with van der Waals surface area (Å²) in [5.74, 6) is -1.34. The number of ketones is 1. The zero-order chi connectivity index (χ0) is 13.5. The first kappa shape index (κ1) is 14.8. The van der Waals surface area contributed by atoms with Crippen LogP contribution in [0.2, 0.25) is 0 Å². The molecule has 0 N–H and O–H groups in total. The van der Waals surface area contributed by atoms with E-state index in [2.05, 4.69) is 6.92 Å². The maximum Gasteiger partial charge on any atom is 0.166 e. The van der Waals surface area contributed by atoms with Gasteiger partial charge >= 0.3 is 0 Å². The fourth-order valence-corrected chi connectivity index (χ4v) is 2.03. The average Bonchev–Trinajstić information content (AvgIpc) is 2.34. The van der Waals surface area contributed by atoms with E-state index in [1.807, 2.05) is 6.92 Å². The summed E-state index contributed by atoms with van der Waals surface area (Å²) in [5, 5.41) is 0. The molecular weight excluding hydrogens is 234 g/mol. The normalized spacial score (nSPS) is 12.4. The number of hydrogen-bond acceptors (Lipinski definition) is 1. The van der Waals surface area contributed by atoms with Crippen molar-refractivity contribution in [1.82, 2.24) is 0 Å². The van der Waals surface area contributed by atoms with Gasteiger partial charge in [-0.2, -0.15) is 0 Å². The lowest BCUT2D eigenvalue weighted by Crippen LogP contribution is -2.10. The summed E-state index contributed by atoms with van der Waals surface area (Å²) in [6.07, 6.45) is 4.42. The minimum atomic E-state index is -0.759. The van der Waals surface area contributed by atoms with Crippen LogP contribution in [0.15, 0.2) is 18.2 Å². The number of carbonyl (C=O) groups is 1. The summed E-state index contributed by atoms with van der Waals surface area (Å²) in [6, 6.07) is 3.13. The minimum absolute atomic E-state index is 0.00588. The maximum atomic E-state index is 13.4. The van der Waals surface area contributed by atoms with Gasteiger partial charge in [-0.3, -0.25) is 4.79 Å². The van der Waals surface area contributed by atoms with Gasteiger partial charge in [-0.25, -0.2) is 8.78 Å². The third-order valence-corrected chi connectivity index (χ3v) is 3.25. The lowest BCUT2D eigenvalue weighted by atomic mass is 9.91. The number of hydrogen-bond donors (Lipinski definition) is 0. The minimum Gasteiger partial charge on any atom is -0.294 e. The molecule has 0 aromatic heterocycles. The Morgan fingerprint density at radius 2 is 2.00 bits per heavy atom. The van der Waals surface area contributed by atoms with Crippen molar-refractivity contribution in [3.63, 3.8) is 0 Å². The highest BCUT2D eigenvalue weighted by Crippen LogP contribution is 2.21. The summed E-state index contributed by atoms with van der Waals surface area (Å²) in [7, 11) is 0. The standard InChI is InChI=1S/C15H20F2O/c1-3-5-6-11(4-2)9-15(18)13-8-7-12(16)10-14(13)17/h7-8,10-11H,3-6,9H2,1-2H3. The summed E-state index contributed by atoms with van der Waals surface area (Å²) >= 11 is 0. The maximum absolute atomic E-state index is 13.4. The van der Waals surface area contributed by atoms with Gasteiger partial charge in [0.2, 0.25) is 0 Å². The van der Waals surface area contributed by atoms with Gasteiger partial charge in [-0.1, -0.05) is 39.5 Å². The highest BCUT2D eigenvalue weighted by molar-refractivity contribution is 5.96. The van der Waals surface area contributed by atoms with E-state index in [-0.39, 0.29) is 11.3 Å². The number of Topliss-reactive ketones (excluding diaryl/α,β-unsaturated/α-hetero) is 1. The second-order valence-electron chi connectivity index (χ2n) is 4.67. The molecule has 0 radical (unpaired) electrons. The molecule has 18 heavy (non-hydrogen) atoms. The first-order chi connectivity index (χ1) is 8.58. The molecule has 3 heteroatoms. The first-order valence-corrected chi connectivity index (χ1v) is 6.56. The quantitative estimate of drug-likeness (QED) is 0.641. The smallest absolute Gasteiger partial charge is 0.166 e. The zero-order valence-corrected chi connectivity index (χ0v) is 11.0. The van der Waals surface area contributed by atoms with Crippen molar-refractivity contribution in [1.29, 1.82) is 0 Å². The number of rotatable bonds is 7. The van der Waals surface area contributed by atoms with Crippen molar-refractivity contribution in [2.45, 2.75) is 46.0 Å². The fourth-order valence-electron chi connectivity index (χ4n) is 2.03. The molecule has 0 saturated carbocycles. The van der Waals surface area contributed by atoms with Crippen molar-refractivity contribution in [3.05, 3.63) is 35.4 Å². The van der Waals surface area contributed by atoms with Crippen molar-refractivity contribution < 1.29 is 13.6 Å². The summed E-state index contributed by atoms with van der Waals surface area (Å²) < 4.78 is 26.2. The lowest BCUT2D eigenvalue weighted by Gasteiger charge is -2.13. The van der Waals surface area contributed by atoms with Crippen LogP contribution in [-0.2, 0) is 0 Å². The van der Waals surface area contributed by atoms with Gasteiger partial charge in [0, 0.05) is 12.5 Å². The third kappa shape index (κ3) is 4.21. The molecule has 1 nitrogen and oxygen atoms in total. The number of halogens is 2. The summed E-state index contributed by atoms with van der Waals surface area (Å²) in [6.45, 7) is 4.14. The topological polar surface area (TPSA) is 17.1 Å². The van der Waals surface area contributed by atoms with E-state index >= 15 is 0 Å². The van der Waals surface area contributed by atoms with E-state index in [1.165, 1.54) is 6.07 Å². The molecule has 1 atom stereocenters. The number of unbranched alkanes of at least 4 members (excludes halogenated alkanes) is 1. The highest BCUT2D eigenvalue weighted by atomic mass is 19.1. The van der Waals surface area contributed by atoms with Gasteiger partial charge in [-0.15, -0.1) is 0 Å². The molecule has 0 heterocycles. The van der Waals surface area contributed by atoms with Gasteiger partial charge in [0.1, 0.15) is 11.6 Å². The molecular formula is C15H20F2O. The van der Waals surface area contributed by atoms with Crippen molar-refractivity contribution in [3.8, 4) is 0 Å². The molecule has 0 amide bonds. The van der Waals surface area contributed by atoms with E-state index in [9.17, 15) is 13.6 Å². The monoisotopic (exact) mass is 254 g/mol. The molecule has 0 spiro atoms. The van der Waals surface area contributed by atoms with Gasteiger partial charge in [0.25, 0.3) is 0 Å². The van der Waals surface area contributed by atoms with E-state index in [1.54, 1.807) is 0 Å². The number of benzene rings is 1. The Balaban J connectivity index is 2.68. The molecule has 0 aliphatic carbocycles. The second-order valence-corrected chi connectivity index (χ2v) is 4.67. The van der Waals surface area contributed by atoms with Crippen LogP contribution in [-0.4, -0.2) is 5.78 Å². The molecule has 100 valence electrons. The van der Waals surface area contributed by atoms with Crippen LogP contribution in [0.1, 0.15) is 56.3 Å². The van der Waals surface area contributed by atoms with Crippen molar-refractivity contribution in [2.75, 3.05) is 0 Å². The molecule has 1 aromatic carbocycles. The molecule has 0 aliphatic heterocycles. The van der Waals surface area contributed by atoms with E-state index in [0.29, 0.717) is 12.3 Å². The molecule has 1 aromatic rings. The molecule has 0 bridgehead atoms. The van der Waals surface area contributed by atoms with Crippen LogP contribution in [0.25, 0.3) is 0 Å². The van der Waals surface area contributed by atoms with E-state index < -0.39 is 11.6 Å². The Morgan fingerprint density at radius 1 is 1.28 bits per heavy atom. The molecule has 0 fully saturated rings. The SMILES string of the molecule is CCCCC(CC)CC(=O)c1ccc(F)cc1F. The third-order valence-electron chi connectivity index (χ3n) is 3.25. The largest absolute Gasteiger partial charge is 0.294 e. The van der Waals surface area contributed by atoms with Crippen LogP contribution in [0.3, 0.4) is 0 Å². The first-order valence-electron chi connectivity index (χ1n) is 6.56. The van der Waals surface area contributed by atoms with Gasteiger partial charge in [-0.05, 0) is 18.1 Å². The zero-order valence-electron chi connectivity index (χ0n) is 11.0. The van der Waals surface area contributed by atoms with Crippen LogP contribution < -0.4 is 0 Å². The Bertz CT molecular complexity index is 401. The Labute approximate surface area is 107 Å². The lowest BCUT2D eigenvalue weighted by molar-refractivity contribution is 0.0953. The van der Waals surface area contributed by atoms with Gasteiger partial charge < -0.3 is 0 Å². The van der Waals surface area contributed by atoms with Crippen molar-refractivity contribution in [2.24, 2.45) is 5.92 Å². The molecule has 0 aliphatic rings. The predicted molar refractivity (Wildman–Crippen MR) is 68.6 cm³/mol. The number of carbonyl (C=O) groups excluding carboxylic acids is 1. The van der Waals surface area contributed by atoms with Crippen LogP contribution in [0, 0.1) is 17.6 Å². The van der Waals surface area contributed by atoms with E-state index in [4.69, 9.17) is 0 Å². The van der Waals surface area contributed by atoms with Crippen LogP contribution >= 0.6 is 0 Å². The van der Waals surface area contributed by atoms with Crippen LogP contribution in [0.4, 0.5) is 8.78 Å². The van der Waals surface area contributed by atoms with Crippen LogP contribution in [0.5, 0.6) is 0 Å². The Morgan fingerprint density at radius 3 is 2.56 bits per heavy atom. The van der Waals surface area contributed by atoms with Crippen molar-refractivity contribution >= 4 is 5.78 Å².